The monoisotopic (exact) mass is 574 g/mol. The van der Waals surface area contributed by atoms with E-state index in [0.29, 0.717) is 40.9 Å². The van der Waals surface area contributed by atoms with Gasteiger partial charge in [0.05, 0.1) is 12.7 Å². The van der Waals surface area contributed by atoms with Crippen LogP contribution in [-0.2, 0) is 9.47 Å². The van der Waals surface area contributed by atoms with Crippen LogP contribution in [0.4, 0.5) is 0 Å². The molecule has 5 rings (SSSR count). The van der Waals surface area contributed by atoms with Crippen LogP contribution in [0.15, 0.2) is 23.8 Å². The maximum absolute atomic E-state index is 10.5. The van der Waals surface area contributed by atoms with Gasteiger partial charge in [-0.25, -0.2) is 0 Å². The van der Waals surface area contributed by atoms with Crippen molar-refractivity contribution < 1.29 is 29.9 Å². The van der Waals surface area contributed by atoms with Crippen LogP contribution < -0.4 is 0 Å². The third-order valence-electron chi connectivity index (χ3n) is 12.9. The van der Waals surface area contributed by atoms with E-state index in [9.17, 15) is 20.4 Å². The number of fused-ring (bicyclic) bond motifs is 5. The molecule has 4 N–H and O–H groups in total. The SMILES string of the molecule is CC[C@H](C=C[C@@H](C)[C@H]1CC[C@H]2C3=CCC4CC(O[C@@H]5O[C@H](CO)[C@H](O)[C@H](O)[C@H]5O)CC[C@]4(C)[C@H]3CC[C@]12C)C(C)C. The molecular formula is C35H58O6. The molecule has 41 heavy (non-hydrogen) atoms. The summed E-state index contributed by atoms with van der Waals surface area (Å²) in [4.78, 5) is 0. The van der Waals surface area contributed by atoms with E-state index in [4.69, 9.17) is 9.47 Å². The molecule has 4 aliphatic carbocycles. The number of rotatable bonds is 8. The van der Waals surface area contributed by atoms with Crippen LogP contribution >= 0.6 is 0 Å². The molecule has 1 heterocycles. The number of aliphatic hydroxyl groups is 4. The minimum Gasteiger partial charge on any atom is -0.394 e. The van der Waals surface area contributed by atoms with Gasteiger partial charge in [-0.05, 0) is 110 Å². The minimum absolute atomic E-state index is 0.0698. The minimum atomic E-state index is -1.40. The Hall–Kier alpha value is -0.760. The fraction of sp³-hybridized carbons (Fsp3) is 0.886. The van der Waals surface area contributed by atoms with Gasteiger partial charge in [-0.2, -0.15) is 0 Å². The highest BCUT2D eigenvalue weighted by Gasteiger charge is 2.58. The number of aliphatic hydroxyl groups excluding tert-OH is 4. The molecule has 5 aliphatic rings. The summed E-state index contributed by atoms with van der Waals surface area (Å²) in [6, 6.07) is 0. The highest BCUT2D eigenvalue weighted by Crippen LogP contribution is 2.67. The van der Waals surface area contributed by atoms with Gasteiger partial charge in [0, 0.05) is 0 Å². The van der Waals surface area contributed by atoms with Crippen LogP contribution in [0.25, 0.3) is 0 Å². The van der Waals surface area contributed by atoms with Gasteiger partial charge in [0.25, 0.3) is 0 Å². The first kappa shape index (κ1) is 31.7. The molecule has 6 heteroatoms. The van der Waals surface area contributed by atoms with Crippen molar-refractivity contribution in [1.29, 1.82) is 0 Å². The summed E-state index contributed by atoms with van der Waals surface area (Å²) < 4.78 is 11.9. The van der Waals surface area contributed by atoms with Crippen LogP contribution in [0.5, 0.6) is 0 Å². The molecule has 0 amide bonds. The van der Waals surface area contributed by atoms with Crippen molar-refractivity contribution in [2.45, 2.75) is 136 Å². The van der Waals surface area contributed by atoms with Gasteiger partial charge >= 0.3 is 0 Å². The summed E-state index contributed by atoms with van der Waals surface area (Å²) in [6.45, 7) is 14.2. The molecule has 0 aromatic heterocycles. The van der Waals surface area contributed by atoms with E-state index in [0.717, 1.165) is 31.6 Å². The lowest BCUT2D eigenvalue weighted by molar-refractivity contribution is -0.315. The molecule has 0 bridgehead atoms. The standard InChI is InChI=1S/C35H58O6/c1-7-22(20(2)3)9-8-21(4)26-12-13-27-25-11-10-23-18-24(14-16-34(23,5)28(25)15-17-35(26,27)6)40-33-32(39)31(38)30(37)29(19-36)41-33/h8-9,11,20-24,26-33,36-39H,7,10,12-19H2,1-6H3/t21-,22-,23?,24?,26-,27+,28+,29-,30+,31+,32-,33-,34+,35-/m1/s1. The summed E-state index contributed by atoms with van der Waals surface area (Å²) in [6.07, 6.45) is 12.0. The Morgan fingerprint density at radius 1 is 0.951 bits per heavy atom. The van der Waals surface area contributed by atoms with Gasteiger partial charge in [-0.15, -0.1) is 0 Å². The molecule has 3 saturated carbocycles. The Kier molecular flexibility index (Phi) is 9.51. The maximum Gasteiger partial charge on any atom is 0.186 e. The topological polar surface area (TPSA) is 99.4 Å². The lowest BCUT2D eigenvalue weighted by Gasteiger charge is -2.58. The van der Waals surface area contributed by atoms with Crippen LogP contribution in [0, 0.1) is 52.3 Å². The first-order valence-electron chi connectivity index (χ1n) is 16.8. The predicted molar refractivity (Wildman–Crippen MR) is 161 cm³/mol. The van der Waals surface area contributed by atoms with Gasteiger partial charge in [-0.1, -0.05) is 65.3 Å². The van der Waals surface area contributed by atoms with E-state index in [-0.39, 0.29) is 11.5 Å². The van der Waals surface area contributed by atoms with Gasteiger partial charge in [0.2, 0.25) is 0 Å². The molecule has 14 atom stereocenters. The fourth-order valence-corrected chi connectivity index (χ4v) is 10.2. The molecule has 0 radical (unpaired) electrons. The molecule has 2 unspecified atom stereocenters. The molecule has 1 aliphatic heterocycles. The maximum atomic E-state index is 10.5. The smallest absolute Gasteiger partial charge is 0.186 e. The number of hydrogen-bond acceptors (Lipinski definition) is 6. The molecule has 4 fully saturated rings. The molecule has 1 saturated heterocycles. The van der Waals surface area contributed by atoms with Crippen molar-refractivity contribution in [2.75, 3.05) is 6.61 Å². The summed E-state index contributed by atoms with van der Waals surface area (Å²) in [5.41, 5.74) is 2.41. The Morgan fingerprint density at radius 3 is 2.34 bits per heavy atom. The zero-order valence-corrected chi connectivity index (χ0v) is 26.4. The van der Waals surface area contributed by atoms with Crippen molar-refractivity contribution in [3.8, 4) is 0 Å². The van der Waals surface area contributed by atoms with Crippen molar-refractivity contribution in [3.05, 3.63) is 23.8 Å². The largest absolute Gasteiger partial charge is 0.394 e. The first-order chi connectivity index (χ1) is 19.4. The van der Waals surface area contributed by atoms with E-state index in [1.807, 2.05) is 0 Å². The first-order valence-corrected chi connectivity index (χ1v) is 16.8. The highest BCUT2D eigenvalue weighted by atomic mass is 16.7. The molecule has 234 valence electrons. The summed E-state index contributed by atoms with van der Waals surface area (Å²) in [5, 5.41) is 40.4. The average molecular weight is 575 g/mol. The second-order valence-corrected chi connectivity index (χ2v) is 15.3. The summed E-state index contributed by atoms with van der Waals surface area (Å²) in [5.74, 6) is 4.61. The van der Waals surface area contributed by atoms with Gasteiger partial charge < -0.3 is 29.9 Å². The molecule has 0 aromatic carbocycles. The van der Waals surface area contributed by atoms with E-state index in [1.54, 1.807) is 5.57 Å². The van der Waals surface area contributed by atoms with E-state index < -0.39 is 37.3 Å². The van der Waals surface area contributed by atoms with Crippen LogP contribution in [0.2, 0.25) is 0 Å². The Morgan fingerprint density at radius 2 is 1.66 bits per heavy atom. The zero-order chi connectivity index (χ0) is 29.7. The lowest BCUT2D eigenvalue weighted by Crippen LogP contribution is -2.60. The quantitative estimate of drug-likeness (QED) is 0.281. The average Bonchev–Trinajstić information content (AvgIpc) is 3.30. The van der Waals surface area contributed by atoms with Crippen LogP contribution in [0.1, 0.15) is 99.3 Å². The van der Waals surface area contributed by atoms with Crippen molar-refractivity contribution in [1.82, 2.24) is 0 Å². The Bertz CT molecular complexity index is 960. The van der Waals surface area contributed by atoms with Crippen molar-refractivity contribution in [3.63, 3.8) is 0 Å². The molecule has 0 aromatic rings. The highest BCUT2D eigenvalue weighted by molar-refractivity contribution is 5.28. The van der Waals surface area contributed by atoms with Crippen molar-refractivity contribution in [2.24, 2.45) is 52.3 Å². The third kappa shape index (κ3) is 5.64. The van der Waals surface area contributed by atoms with E-state index >= 15 is 0 Å². The second kappa shape index (κ2) is 12.3. The molecule has 0 spiro atoms. The van der Waals surface area contributed by atoms with Gasteiger partial charge in [-0.3, -0.25) is 0 Å². The van der Waals surface area contributed by atoms with E-state index in [1.165, 1.54) is 32.1 Å². The van der Waals surface area contributed by atoms with Crippen LogP contribution in [0.3, 0.4) is 0 Å². The second-order valence-electron chi connectivity index (χ2n) is 15.3. The number of ether oxygens (including phenoxy) is 2. The van der Waals surface area contributed by atoms with E-state index in [2.05, 4.69) is 59.8 Å². The van der Waals surface area contributed by atoms with Gasteiger partial charge in [0.15, 0.2) is 6.29 Å². The molecular weight excluding hydrogens is 516 g/mol. The lowest BCUT2D eigenvalue weighted by atomic mass is 9.47. The Labute approximate surface area is 248 Å². The fourth-order valence-electron chi connectivity index (χ4n) is 10.2. The summed E-state index contributed by atoms with van der Waals surface area (Å²) in [7, 11) is 0. The third-order valence-corrected chi connectivity index (χ3v) is 12.9. The number of hydrogen-bond donors (Lipinski definition) is 4. The summed E-state index contributed by atoms with van der Waals surface area (Å²) >= 11 is 0. The van der Waals surface area contributed by atoms with Crippen LogP contribution in [-0.4, -0.2) is 63.8 Å². The van der Waals surface area contributed by atoms with Crippen molar-refractivity contribution >= 4 is 0 Å². The zero-order valence-electron chi connectivity index (χ0n) is 26.4. The van der Waals surface area contributed by atoms with Gasteiger partial charge in [0.1, 0.15) is 24.4 Å². The molecule has 6 nitrogen and oxygen atoms in total. The number of allylic oxidation sites excluding steroid dienone is 4. The Balaban J connectivity index is 1.26. The normalized spacial score (nSPS) is 47.9. The predicted octanol–water partition coefficient (Wildman–Crippen LogP) is 5.63.